The fraction of sp³-hybridized carbons (Fsp3) is 0.714. The largest absolute Gasteiger partial charge is 0.369 e. The van der Waals surface area contributed by atoms with Crippen molar-refractivity contribution in [1.29, 1.82) is 0 Å². The molecular weight excluding hydrogens is 210 g/mol. The van der Waals surface area contributed by atoms with E-state index >= 15 is 0 Å². The molecular formula is C14H23N3. The van der Waals surface area contributed by atoms with Crippen molar-refractivity contribution >= 4 is 5.82 Å². The molecule has 1 aliphatic rings. The summed E-state index contributed by atoms with van der Waals surface area (Å²) in [7, 11) is 0. The van der Waals surface area contributed by atoms with Crippen molar-refractivity contribution in [2.75, 3.05) is 11.9 Å². The summed E-state index contributed by atoms with van der Waals surface area (Å²) < 4.78 is 0. The molecule has 94 valence electrons. The molecule has 0 amide bonds. The lowest BCUT2D eigenvalue weighted by Gasteiger charge is -2.26. The molecule has 0 bridgehead atoms. The van der Waals surface area contributed by atoms with Crippen LogP contribution in [0, 0.1) is 18.8 Å². The van der Waals surface area contributed by atoms with Gasteiger partial charge in [0.2, 0.25) is 0 Å². The molecule has 0 saturated heterocycles. The van der Waals surface area contributed by atoms with Crippen LogP contribution in [0.15, 0.2) is 12.1 Å². The molecule has 2 unspecified atom stereocenters. The SMILES string of the molecule is Cc1ccc(NCCC2CCCC(C)C2)nn1. The molecule has 0 aromatic carbocycles. The Morgan fingerprint density at radius 1 is 1.29 bits per heavy atom. The van der Waals surface area contributed by atoms with Crippen molar-refractivity contribution < 1.29 is 0 Å². The van der Waals surface area contributed by atoms with E-state index in [0.717, 1.165) is 29.9 Å². The van der Waals surface area contributed by atoms with Gasteiger partial charge in [-0.1, -0.05) is 26.2 Å². The number of anilines is 1. The third-order valence-corrected chi connectivity index (χ3v) is 3.70. The molecule has 1 heterocycles. The molecule has 0 spiro atoms. The first-order valence-corrected chi connectivity index (χ1v) is 6.78. The van der Waals surface area contributed by atoms with Crippen molar-refractivity contribution in [3.05, 3.63) is 17.8 Å². The first-order chi connectivity index (χ1) is 8.24. The lowest BCUT2D eigenvalue weighted by molar-refractivity contribution is 0.274. The van der Waals surface area contributed by atoms with Crippen LogP contribution in [0.3, 0.4) is 0 Å². The second kappa shape index (κ2) is 5.99. The molecule has 1 aromatic heterocycles. The molecule has 1 aromatic rings. The molecule has 0 radical (unpaired) electrons. The van der Waals surface area contributed by atoms with Crippen LogP contribution in [0.4, 0.5) is 5.82 Å². The average Bonchev–Trinajstić information content (AvgIpc) is 2.32. The molecule has 0 aliphatic heterocycles. The highest BCUT2D eigenvalue weighted by Gasteiger charge is 2.18. The minimum atomic E-state index is 0.902. The van der Waals surface area contributed by atoms with E-state index < -0.39 is 0 Å². The number of nitrogens with one attached hydrogen (secondary N) is 1. The van der Waals surface area contributed by atoms with Gasteiger partial charge >= 0.3 is 0 Å². The first-order valence-electron chi connectivity index (χ1n) is 6.78. The predicted octanol–water partition coefficient (Wildman–Crippen LogP) is 3.41. The topological polar surface area (TPSA) is 37.8 Å². The third kappa shape index (κ3) is 3.99. The zero-order chi connectivity index (χ0) is 12.1. The van der Waals surface area contributed by atoms with Gasteiger partial charge in [0, 0.05) is 6.54 Å². The van der Waals surface area contributed by atoms with Crippen LogP contribution < -0.4 is 5.32 Å². The highest BCUT2D eigenvalue weighted by Crippen LogP contribution is 2.30. The standard InChI is InChI=1S/C14H23N3/c1-11-4-3-5-13(10-11)8-9-15-14-7-6-12(2)16-17-14/h6-7,11,13H,3-5,8-10H2,1-2H3,(H,15,17). The van der Waals surface area contributed by atoms with Gasteiger partial charge in [0.05, 0.1) is 5.69 Å². The lowest BCUT2D eigenvalue weighted by Crippen LogP contribution is -2.17. The summed E-state index contributed by atoms with van der Waals surface area (Å²) in [5.41, 5.74) is 0.969. The van der Waals surface area contributed by atoms with Gasteiger partial charge in [0.15, 0.2) is 0 Å². The fourth-order valence-corrected chi connectivity index (χ4v) is 2.72. The van der Waals surface area contributed by atoms with Gasteiger partial charge in [-0.05, 0) is 43.7 Å². The van der Waals surface area contributed by atoms with Gasteiger partial charge in [-0.25, -0.2) is 0 Å². The quantitative estimate of drug-likeness (QED) is 0.866. The van der Waals surface area contributed by atoms with Crippen LogP contribution in [0.25, 0.3) is 0 Å². The zero-order valence-corrected chi connectivity index (χ0v) is 10.9. The van der Waals surface area contributed by atoms with E-state index in [-0.39, 0.29) is 0 Å². The van der Waals surface area contributed by atoms with Gasteiger partial charge in [-0.2, -0.15) is 5.10 Å². The van der Waals surface area contributed by atoms with E-state index in [0.29, 0.717) is 0 Å². The maximum Gasteiger partial charge on any atom is 0.148 e. The van der Waals surface area contributed by atoms with E-state index in [1.807, 2.05) is 19.1 Å². The van der Waals surface area contributed by atoms with Crippen molar-refractivity contribution in [3.8, 4) is 0 Å². The van der Waals surface area contributed by atoms with Crippen LogP contribution in [-0.2, 0) is 0 Å². The summed E-state index contributed by atoms with van der Waals surface area (Å²) in [4.78, 5) is 0. The van der Waals surface area contributed by atoms with Crippen LogP contribution in [0.2, 0.25) is 0 Å². The molecule has 1 fully saturated rings. The number of hydrogen-bond acceptors (Lipinski definition) is 3. The zero-order valence-electron chi connectivity index (χ0n) is 10.9. The monoisotopic (exact) mass is 233 g/mol. The second-order valence-electron chi connectivity index (χ2n) is 5.41. The predicted molar refractivity (Wildman–Crippen MR) is 71.0 cm³/mol. The Hall–Kier alpha value is -1.12. The maximum atomic E-state index is 4.11. The smallest absolute Gasteiger partial charge is 0.148 e. The number of aryl methyl sites for hydroxylation is 1. The highest BCUT2D eigenvalue weighted by molar-refractivity contribution is 5.32. The van der Waals surface area contributed by atoms with Gasteiger partial charge in [-0.3, -0.25) is 0 Å². The summed E-state index contributed by atoms with van der Waals surface area (Å²) >= 11 is 0. The number of aromatic nitrogens is 2. The van der Waals surface area contributed by atoms with E-state index in [4.69, 9.17) is 0 Å². The summed E-state index contributed by atoms with van der Waals surface area (Å²) in [5.74, 6) is 2.73. The van der Waals surface area contributed by atoms with Crippen molar-refractivity contribution in [2.45, 2.75) is 46.0 Å². The summed E-state index contributed by atoms with van der Waals surface area (Å²) in [6.07, 6.45) is 6.91. The molecule has 1 saturated carbocycles. The Balaban J connectivity index is 1.70. The molecule has 3 heteroatoms. The minimum Gasteiger partial charge on any atom is -0.369 e. The molecule has 2 atom stereocenters. The third-order valence-electron chi connectivity index (χ3n) is 3.70. The van der Waals surface area contributed by atoms with Crippen molar-refractivity contribution in [2.24, 2.45) is 11.8 Å². The molecule has 3 nitrogen and oxygen atoms in total. The molecule has 17 heavy (non-hydrogen) atoms. The van der Waals surface area contributed by atoms with Gasteiger partial charge in [-0.15, -0.1) is 5.10 Å². The van der Waals surface area contributed by atoms with Crippen LogP contribution in [0.1, 0.15) is 44.7 Å². The Labute approximate surface area is 104 Å². The Morgan fingerprint density at radius 2 is 2.18 bits per heavy atom. The first kappa shape index (κ1) is 12.3. The van der Waals surface area contributed by atoms with Gasteiger partial charge < -0.3 is 5.32 Å². The minimum absolute atomic E-state index is 0.902. The molecule has 1 aliphatic carbocycles. The molecule has 2 rings (SSSR count). The Kier molecular flexibility index (Phi) is 4.35. The van der Waals surface area contributed by atoms with Gasteiger partial charge in [0.25, 0.3) is 0 Å². The van der Waals surface area contributed by atoms with Crippen LogP contribution in [0.5, 0.6) is 0 Å². The highest BCUT2D eigenvalue weighted by atomic mass is 15.2. The van der Waals surface area contributed by atoms with Gasteiger partial charge in [0.1, 0.15) is 5.82 Å². The maximum absolute atomic E-state index is 4.11. The van der Waals surface area contributed by atoms with Crippen molar-refractivity contribution in [1.82, 2.24) is 10.2 Å². The van der Waals surface area contributed by atoms with E-state index in [1.165, 1.54) is 32.1 Å². The van der Waals surface area contributed by atoms with Crippen LogP contribution in [-0.4, -0.2) is 16.7 Å². The fourth-order valence-electron chi connectivity index (χ4n) is 2.72. The van der Waals surface area contributed by atoms with E-state index in [9.17, 15) is 0 Å². The van der Waals surface area contributed by atoms with E-state index in [1.54, 1.807) is 0 Å². The van der Waals surface area contributed by atoms with Crippen molar-refractivity contribution in [3.63, 3.8) is 0 Å². The number of nitrogens with zero attached hydrogens (tertiary/aromatic N) is 2. The Morgan fingerprint density at radius 3 is 2.88 bits per heavy atom. The Bertz CT molecular complexity index is 334. The number of rotatable bonds is 4. The average molecular weight is 233 g/mol. The van der Waals surface area contributed by atoms with Crippen LogP contribution >= 0.6 is 0 Å². The normalized spacial score (nSPS) is 24.6. The molecule has 1 N–H and O–H groups in total. The van der Waals surface area contributed by atoms with E-state index in [2.05, 4.69) is 22.4 Å². The summed E-state index contributed by atoms with van der Waals surface area (Å²) in [6.45, 7) is 5.36. The summed E-state index contributed by atoms with van der Waals surface area (Å²) in [6, 6.07) is 4.00. The number of hydrogen-bond donors (Lipinski definition) is 1. The lowest BCUT2D eigenvalue weighted by atomic mass is 9.81. The summed E-state index contributed by atoms with van der Waals surface area (Å²) in [5, 5.41) is 11.5. The second-order valence-corrected chi connectivity index (χ2v) is 5.41.